The SMILES string of the molecule is Cc1ccc(CCCCCO[C@@H](C(=O)NCCCCCO)[C@@H](OCC(=O)OC(C)(C)C)C(=O)O)cc1C. The zero-order valence-electron chi connectivity index (χ0n) is 23.0. The highest BCUT2D eigenvalue weighted by atomic mass is 16.6. The lowest BCUT2D eigenvalue weighted by Crippen LogP contribution is -2.49. The van der Waals surface area contributed by atoms with Gasteiger partial charge < -0.3 is 29.7 Å². The van der Waals surface area contributed by atoms with E-state index in [2.05, 4.69) is 37.4 Å². The number of rotatable bonds is 18. The molecule has 210 valence electrons. The molecule has 0 saturated heterocycles. The van der Waals surface area contributed by atoms with E-state index in [1.165, 1.54) is 16.7 Å². The second kappa shape index (κ2) is 17.1. The van der Waals surface area contributed by atoms with E-state index in [9.17, 15) is 19.5 Å². The maximum absolute atomic E-state index is 12.8. The first-order chi connectivity index (χ1) is 17.4. The van der Waals surface area contributed by atoms with Crippen LogP contribution in [0.2, 0.25) is 0 Å². The summed E-state index contributed by atoms with van der Waals surface area (Å²) in [6.45, 7) is 9.19. The van der Waals surface area contributed by atoms with Crippen molar-refractivity contribution in [3.05, 3.63) is 34.9 Å². The summed E-state index contributed by atoms with van der Waals surface area (Å²) in [5, 5.41) is 21.3. The summed E-state index contributed by atoms with van der Waals surface area (Å²) in [6, 6.07) is 6.43. The zero-order valence-corrected chi connectivity index (χ0v) is 23.0. The number of amides is 1. The van der Waals surface area contributed by atoms with E-state index in [4.69, 9.17) is 19.3 Å². The van der Waals surface area contributed by atoms with Crippen molar-refractivity contribution in [1.82, 2.24) is 5.32 Å². The highest BCUT2D eigenvalue weighted by Crippen LogP contribution is 2.14. The van der Waals surface area contributed by atoms with Crippen molar-refractivity contribution in [3.8, 4) is 0 Å². The average Bonchev–Trinajstić information content (AvgIpc) is 2.80. The maximum Gasteiger partial charge on any atom is 0.336 e. The number of esters is 1. The van der Waals surface area contributed by atoms with Gasteiger partial charge in [0.05, 0.1) is 0 Å². The number of carboxylic acid groups (broad SMARTS) is 1. The smallest absolute Gasteiger partial charge is 0.336 e. The van der Waals surface area contributed by atoms with Crippen LogP contribution in [0.1, 0.15) is 76.0 Å². The van der Waals surface area contributed by atoms with Gasteiger partial charge in [-0.1, -0.05) is 24.6 Å². The van der Waals surface area contributed by atoms with Crippen LogP contribution < -0.4 is 5.32 Å². The van der Waals surface area contributed by atoms with E-state index < -0.39 is 42.3 Å². The lowest BCUT2D eigenvalue weighted by Gasteiger charge is -2.25. The van der Waals surface area contributed by atoms with Crippen molar-refractivity contribution in [2.75, 3.05) is 26.4 Å². The van der Waals surface area contributed by atoms with Crippen LogP contribution in [0.4, 0.5) is 0 Å². The minimum absolute atomic E-state index is 0.0722. The summed E-state index contributed by atoms with van der Waals surface area (Å²) in [7, 11) is 0. The van der Waals surface area contributed by atoms with Crippen LogP contribution in [0, 0.1) is 13.8 Å². The van der Waals surface area contributed by atoms with Crippen LogP contribution in [0.15, 0.2) is 18.2 Å². The number of carboxylic acids is 1. The number of nitrogens with one attached hydrogen (secondary N) is 1. The van der Waals surface area contributed by atoms with Crippen molar-refractivity contribution in [1.29, 1.82) is 0 Å². The molecule has 0 fully saturated rings. The van der Waals surface area contributed by atoms with Crippen LogP contribution in [0.5, 0.6) is 0 Å². The molecule has 0 aromatic heterocycles. The van der Waals surface area contributed by atoms with E-state index in [1.54, 1.807) is 20.8 Å². The minimum Gasteiger partial charge on any atom is -0.479 e. The van der Waals surface area contributed by atoms with Crippen LogP contribution >= 0.6 is 0 Å². The topological polar surface area (TPSA) is 131 Å². The molecule has 0 saturated carbocycles. The summed E-state index contributed by atoms with van der Waals surface area (Å²) >= 11 is 0. The van der Waals surface area contributed by atoms with Crippen molar-refractivity contribution in [3.63, 3.8) is 0 Å². The van der Waals surface area contributed by atoms with E-state index in [-0.39, 0.29) is 13.2 Å². The van der Waals surface area contributed by atoms with Gasteiger partial charge in [-0.15, -0.1) is 0 Å². The van der Waals surface area contributed by atoms with Gasteiger partial charge in [-0.3, -0.25) is 4.79 Å². The third-order valence-electron chi connectivity index (χ3n) is 5.69. The maximum atomic E-state index is 12.8. The molecule has 0 spiro atoms. The second-order valence-electron chi connectivity index (χ2n) is 10.3. The van der Waals surface area contributed by atoms with Crippen LogP contribution in [0.25, 0.3) is 0 Å². The Morgan fingerprint density at radius 1 is 0.919 bits per heavy atom. The van der Waals surface area contributed by atoms with Gasteiger partial charge in [0.1, 0.15) is 12.2 Å². The van der Waals surface area contributed by atoms with E-state index >= 15 is 0 Å². The number of aliphatic hydroxyl groups is 1. The molecule has 0 aliphatic heterocycles. The number of aryl methyl sites for hydroxylation is 3. The predicted octanol–water partition coefficient (Wildman–Crippen LogP) is 3.49. The lowest BCUT2D eigenvalue weighted by atomic mass is 10.0. The molecule has 1 aromatic carbocycles. The summed E-state index contributed by atoms with van der Waals surface area (Å²) in [5.41, 5.74) is 3.04. The zero-order chi connectivity index (χ0) is 27.8. The highest BCUT2D eigenvalue weighted by Gasteiger charge is 2.36. The molecule has 1 aromatic rings. The molecule has 2 atom stereocenters. The Kier molecular flexibility index (Phi) is 15.0. The van der Waals surface area contributed by atoms with Gasteiger partial charge in [-0.25, -0.2) is 9.59 Å². The second-order valence-corrected chi connectivity index (χ2v) is 10.3. The molecule has 0 heterocycles. The molecule has 9 heteroatoms. The first kappa shape index (κ1) is 32.5. The van der Waals surface area contributed by atoms with Gasteiger partial charge in [0.25, 0.3) is 5.91 Å². The number of ether oxygens (including phenoxy) is 3. The van der Waals surface area contributed by atoms with Crippen LogP contribution in [-0.4, -0.2) is 72.2 Å². The molecular weight excluding hydrogens is 478 g/mol. The molecule has 0 radical (unpaired) electrons. The number of carbonyl (C=O) groups excluding carboxylic acids is 2. The molecule has 1 amide bonds. The number of hydrogen-bond acceptors (Lipinski definition) is 7. The summed E-state index contributed by atoms with van der Waals surface area (Å²) in [6.07, 6.45) is 2.24. The number of unbranched alkanes of at least 4 members (excludes halogenated alkanes) is 4. The largest absolute Gasteiger partial charge is 0.479 e. The fraction of sp³-hybridized carbons (Fsp3) is 0.679. The van der Waals surface area contributed by atoms with Crippen molar-refractivity contribution >= 4 is 17.8 Å². The third-order valence-corrected chi connectivity index (χ3v) is 5.69. The van der Waals surface area contributed by atoms with Gasteiger partial charge in [-0.2, -0.15) is 0 Å². The molecule has 3 N–H and O–H groups in total. The quantitative estimate of drug-likeness (QED) is 0.197. The number of aliphatic hydroxyl groups excluding tert-OH is 1. The lowest BCUT2D eigenvalue weighted by molar-refractivity contribution is -0.178. The Balaban J connectivity index is 2.67. The third kappa shape index (κ3) is 14.1. The molecule has 0 bridgehead atoms. The molecule has 0 unspecified atom stereocenters. The average molecular weight is 524 g/mol. The number of benzene rings is 1. The molecule has 1 rings (SSSR count). The van der Waals surface area contributed by atoms with E-state index in [0.717, 1.165) is 25.7 Å². The fourth-order valence-corrected chi connectivity index (χ4v) is 3.62. The molecular formula is C28H45NO8. The van der Waals surface area contributed by atoms with Gasteiger partial charge in [0, 0.05) is 19.8 Å². The first-order valence-corrected chi connectivity index (χ1v) is 13.1. The van der Waals surface area contributed by atoms with Crippen molar-refractivity contribution in [2.45, 2.75) is 97.4 Å². The standard InChI is InChI=1S/C28H45NO8/c1-20-13-14-22(18-21(20)2)12-8-6-11-17-35-24(26(32)29-15-9-7-10-16-30)25(27(33)34)36-19-23(31)37-28(3,4)5/h13-14,18,24-25,30H,6-12,15-17,19H2,1-5H3,(H,29,32)(H,33,34)/t24-,25-/m1/s1. The fourth-order valence-electron chi connectivity index (χ4n) is 3.62. The summed E-state index contributed by atoms with van der Waals surface area (Å²) < 4.78 is 16.2. The van der Waals surface area contributed by atoms with Crippen molar-refractivity contribution in [2.24, 2.45) is 0 Å². The van der Waals surface area contributed by atoms with Crippen LogP contribution in [0.3, 0.4) is 0 Å². The van der Waals surface area contributed by atoms with Gasteiger partial charge in [0.15, 0.2) is 12.2 Å². The van der Waals surface area contributed by atoms with E-state index in [0.29, 0.717) is 25.8 Å². The first-order valence-electron chi connectivity index (χ1n) is 13.1. The Hall–Kier alpha value is -2.49. The Morgan fingerprint density at radius 2 is 1.62 bits per heavy atom. The molecule has 9 nitrogen and oxygen atoms in total. The molecule has 37 heavy (non-hydrogen) atoms. The highest BCUT2D eigenvalue weighted by molar-refractivity contribution is 5.88. The molecule has 0 aliphatic carbocycles. The Morgan fingerprint density at radius 3 is 2.24 bits per heavy atom. The molecule has 0 aliphatic rings. The van der Waals surface area contributed by atoms with Gasteiger partial charge in [0.2, 0.25) is 0 Å². The normalized spacial score (nSPS) is 13.1. The van der Waals surface area contributed by atoms with Gasteiger partial charge in [-0.05, 0) is 89.8 Å². The predicted molar refractivity (Wildman–Crippen MR) is 140 cm³/mol. The van der Waals surface area contributed by atoms with Crippen LogP contribution in [-0.2, 0) is 35.0 Å². The monoisotopic (exact) mass is 523 g/mol. The number of hydrogen-bond donors (Lipinski definition) is 3. The summed E-state index contributed by atoms with van der Waals surface area (Å²) in [5.74, 6) is -2.75. The number of carbonyl (C=O) groups is 3. The Bertz CT molecular complexity index is 849. The van der Waals surface area contributed by atoms with Gasteiger partial charge >= 0.3 is 11.9 Å². The summed E-state index contributed by atoms with van der Waals surface area (Å²) in [4.78, 5) is 36.8. The van der Waals surface area contributed by atoms with E-state index in [1.807, 2.05) is 0 Å². The Labute approximate surface area is 220 Å². The van der Waals surface area contributed by atoms with Crippen molar-refractivity contribution < 1.29 is 38.8 Å². The minimum atomic E-state index is -1.67. The number of aliphatic carboxylic acids is 1.